The highest BCUT2D eigenvalue weighted by Gasteiger charge is 2.47. The van der Waals surface area contributed by atoms with E-state index >= 15 is 0 Å². The predicted molar refractivity (Wildman–Crippen MR) is 94.5 cm³/mol. The zero-order valence-electron chi connectivity index (χ0n) is 14.7. The molecular weight excluding hydrogens is 377 g/mol. The number of esters is 1. The standard InChI is InChI=1S/C18H15ClFN3O4/c1-10(24)23-18(3,14-9-12(20)6-7-15(14)26-11(2)25)27-17(22-23)13-5-4-8-21-16(13)19/h4-9H,1-3H3. The van der Waals surface area contributed by atoms with Crippen LogP contribution in [0.1, 0.15) is 31.9 Å². The molecule has 3 rings (SSSR count). The number of ether oxygens (including phenoxy) is 2. The number of amides is 1. The summed E-state index contributed by atoms with van der Waals surface area (Å²) in [6.45, 7) is 4.01. The van der Waals surface area contributed by atoms with Crippen LogP contribution in [0.2, 0.25) is 5.15 Å². The molecule has 2 heterocycles. The van der Waals surface area contributed by atoms with Gasteiger partial charge in [0, 0.05) is 27.0 Å². The van der Waals surface area contributed by atoms with Crippen LogP contribution in [0.25, 0.3) is 0 Å². The number of benzene rings is 1. The molecule has 1 atom stereocenters. The van der Waals surface area contributed by atoms with Crippen LogP contribution in [0.4, 0.5) is 4.39 Å². The number of carbonyl (C=O) groups excluding carboxylic acids is 2. The number of rotatable bonds is 3. The smallest absolute Gasteiger partial charge is 0.308 e. The summed E-state index contributed by atoms with van der Waals surface area (Å²) in [5.41, 5.74) is -1.08. The summed E-state index contributed by atoms with van der Waals surface area (Å²) in [6, 6.07) is 6.80. The highest BCUT2D eigenvalue weighted by molar-refractivity contribution is 6.32. The Hall–Kier alpha value is -3.00. The van der Waals surface area contributed by atoms with E-state index in [2.05, 4.69) is 10.1 Å². The molecule has 140 valence electrons. The monoisotopic (exact) mass is 391 g/mol. The number of aromatic nitrogens is 1. The van der Waals surface area contributed by atoms with E-state index < -0.39 is 23.4 Å². The number of pyridine rings is 1. The van der Waals surface area contributed by atoms with E-state index in [1.54, 1.807) is 12.1 Å². The number of hydrazone groups is 1. The molecule has 27 heavy (non-hydrogen) atoms. The van der Waals surface area contributed by atoms with E-state index in [-0.39, 0.29) is 22.4 Å². The molecule has 1 amide bonds. The first-order chi connectivity index (χ1) is 12.7. The van der Waals surface area contributed by atoms with Gasteiger partial charge >= 0.3 is 5.97 Å². The van der Waals surface area contributed by atoms with Crippen molar-refractivity contribution in [2.75, 3.05) is 0 Å². The maximum atomic E-state index is 14.0. The second-order valence-corrected chi connectivity index (χ2v) is 6.25. The van der Waals surface area contributed by atoms with Crippen LogP contribution in [-0.2, 0) is 20.1 Å². The Morgan fingerprint density at radius 2 is 2.04 bits per heavy atom. The van der Waals surface area contributed by atoms with Gasteiger partial charge in [-0.2, -0.15) is 5.01 Å². The zero-order chi connectivity index (χ0) is 19.8. The van der Waals surface area contributed by atoms with E-state index in [4.69, 9.17) is 21.1 Å². The Kier molecular flexibility index (Phi) is 4.84. The van der Waals surface area contributed by atoms with Gasteiger partial charge in [-0.1, -0.05) is 11.6 Å². The summed E-state index contributed by atoms with van der Waals surface area (Å²) >= 11 is 6.09. The first kappa shape index (κ1) is 18.8. The summed E-state index contributed by atoms with van der Waals surface area (Å²) in [5.74, 6) is -1.59. The molecular formula is C18H15ClFN3O4. The first-order valence-corrected chi connectivity index (χ1v) is 8.28. The maximum Gasteiger partial charge on any atom is 0.308 e. The minimum Gasteiger partial charge on any atom is -0.443 e. The lowest BCUT2D eigenvalue weighted by Crippen LogP contribution is -2.42. The molecule has 0 saturated carbocycles. The summed E-state index contributed by atoms with van der Waals surface area (Å²) in [7, 11) is 0. The first-order valence-electron chi connectivity index (χ1n) is 7.90. The van der Waals surface area contributed by atoms with E-state index in [1.165, 1.54) is 33.0 Å². The number of carbonyl (C=O) groups is 2. The SMILES string of the molecule is CC(=O)Oc1ccc(F)cc1C1(C)OC(c2cccnc2Cl)=NN1C(C)=O. The van der Waals surface area contributed by atoms with Crippen molar-refractivity contribution in [3.63, 3.8) is 0 Å². The molecule has 0 spiro atoms. The molecule has 1 aliphatic rings. The average Bonchev–Trinajstić information content (AvgIpc) is 2.95. The lowest BCUT2D eigenvalue weighted by Gasteiger charge is -2.32. The molecule has 1 aromatic carbocycles. The number of halogens is 2. The molecule has 1 aliphatic heterocycles. The van der Waals surface area contributed by atoms with Crippen molar-refractivity contribution >= 4 is 29.4 Å². The fraction of sp³-hybridized carbons (Fsp3) is 0.222. The Bertz CT molecular complexity index is 965. The largest absolute Gasteiger partial charge is 0.443 e. The van der Waals surface area contributed by atoms with E-state index in [0.717, 1.165) is 17.1 Å². The van der Waals surface area contributed by atoms with Gasteiger partial charge in [0.05, 0.1) is 11.1 Å². The van der Waals surface area contributed by atoms with Gasteiger partial charge in [0.2, 0.25) is 17.5 Å². The second-order valence-electron chi connectivity index (χ2n) is 5.90. The van der Waals surface area contributed by atoms with Gasteiger partial charge < -0.3 is 9.47 Å². The van der Waals surface area contributed by atoms with Gasteiger partial charge in [0.1, 0.15) is 16.7 Å². The third kappa shape index (κ3) is 3.48. The quantitative estimate of drug-likeness (QED) is 0.456. The molecule has 0 aliphatic carbocycles. The molecule has 1 unspecified atom stereocenters. The minimum absolute atomic E-state index is 0.0313. The second kappa shape index (κ2) is 6.96. The van der Waals surface area contributed by atoms with Gasteiger partial charge in [-0.15, -0.1) is 5.10 Å². The van der Waals surface area contributed by atoms with E-state index in [9.17, 15) is 14.0 Å². The van der Waals surface area contributed by atoms with Gasteiger partial charge in [0.25, 0.3) is 0 Å². The zero-order valence-corrected chi connectivity index (χ0v) is 15.5. The molecule has 0 N–H and O–H groups in total. The van der Waals surface area contributed by atoms with Crippen molar-refractivity contribution in [3.8, 4) is 5.75 Å². The molecule has 7 nitrogen and oxygen atoms in total. The van der Waals surface area contributed by atoms with Gasteiger partial charge in [-0.25, -0.2) is 9.37 Å². The summed E-state index contributed by atoms with van der Waals surface area (Å²) < 4.78 is 25.0. The number of hydrogen-bond acceptors (Lipinski definition) is 6. The van der Waals surface area contributed by atoms with Crippen molar-refractivity contribution in [2.24, 2.45) is 5.10 Å². The lowest BCUT2D eigenvalue weighted by atomic mass is 10.0. The molecule has 2 aromatic rings. The van der Waals surface area contributed by atoms with Crippen LogP contribution in [-0.4, -0.2) is 27.8 Å². The van der Waals surface area contributed by atoms with Crippen LogP contribution in [0, 0.1) is 5.82 Å². The van der Waals surface area contributed by atoms with Crippen molar-refractivity contribution in [1.82, 2.24) is 9.99 Å². The minimum atomic E-state index is -1.56. The molecule has 0 saturated heterocycles. The van der Waals surface area contributed by atoms with Crippen molar-refractivity contribution < 1.29 is 23.5 Å². The fourth-order valence-corrected chi connectivity index (χ4v) is 2.94. The Morgan fingerprint density at radius 3 is 2.67 bits per heavy atom. The third-order valence-corrected chi connectivity index (χ3v) is 4.17. The fourth-order valence-electron chi connectivity index (χ4n) is 2.74. The number of hydrogen-bond donors (Lipinski definition) is 0. The van der Waals surface area contributed by atoms with Gasteiger partial charge in [0.15, 0.2) is 0 Å². The maximum absolute atomic E-state index is 14.0. The summed E-state index contributed by atoms with van der Waals surface area (Å²) in [4.78, 5) is 27.6. The van der Waals surface area contributed by atoms with Crippen molar-refractivity contribution in [3.05, 3.63) is 58.6 Å². The molecule has 0 bridgehead atoms. The summed E-state index contributed by atoms with van der Waals surface area (Å²) in [5, 5.41) is 5.35. The van der Waals surface area contributed by atoms with Crippen LogP contribution in [0.5, 0.6) is 5.75 Å². The van der Waals surface area contributed by atoms with Crippen LogP contribution >= 0.6 is 11.6 Å². The summed E-state index contributed by atoms with van der Waals surface area (Å²) in [6.07, 6.45) is 1.49. The van der Waals surface area contributed by atoms with Crippen molar-refractivity contribution in [1.29, 1.82) is 0 Å². The Balaban J connectivity index is 2.13. The normalized spacial score (nSPS) is 18.7. The average molecular weight is 392 g/mol. The van der Waals surface area contributed by atoms with Crippen LogP contribution < -0.4 is 4.74 Å². The number of nitrogens with zero attached hydrogens (tertiary/aromatic N) is 3. The lowest BCUT2D eigenvalue weighted by molar-refractivity contribution is -0.146. The molecule has 0 fully saturated rings. The predicted octanol–water partition coefficient (Wildman–Crippen LogP) is 3.21. The molecule has 1 aromatic heterocycles. The Morgan fingerprint density at radius 1 is 1.30 bits per heavy atom. The van der Waals surface area contributed by atoms with Crippen LogP contribution in [0.15, 0.2) is 41.6 Å². The topological polar surface area (TPSA) is 81.1 Å². The van der Waals surface area contributed by atoms with E-state index in [1.807, 2.05) is 0 Å². The molecule has 0 radical (unpaired) electrons. The molecule has 9 heteroatoms. The van der Waals surface area contributed by atoms with Crippen molar-refractivity contribution in [2.45, 2.75) is 26.5 Å². The van der Waals surface area contributed by atoms with Gasteiger partial charge in [-0.3, -0.25) is 9.59 Å². The highest BCUT2D eigenvalue weighted by Crippen LogP contribution is 2.41. The van der Waals surface area contributed by atoms with Gasteiger partial charge in [-0.05, 0) is 30.3 Å². The third-order valence-electron chi connectivity index (χ3n) is 3.87. The van der Waals surface area contributed by atoms with Crippen LogP contribution in [0.3, 0.4) is 0 Å². The van der Waals surface area contributed by atoms with E-state index in [0.29, 0.717) is 5.56 Å². The highest BCUT2D eigenvalue weighted by atomic mass is 35.5. The Labute approximate surface area is 159 Å².